The summed E-state index contributed by atoms with van der Waals surface area (Å²) in [6, 6.07) is 7.08. The molecule has 1 aliphatic carbocycles. The Hall–Kier alpha value is -0.890. The monoisotopic (exact) mass is 221 g/mol. The number of halogens is 1. The molecular weight excluding hydrogens is 201 g/mol. The fourth-order valence-corrected chi connectivity index (χ4v) is 3.08. The molecule has 0 amide bonds. The summed E-state index contributed by atoms with van der Waals surface area (Å²) >= 11 is 0. The molecule has 1 aromatic rings. The molecule has 2 heteroatoms. The van der Waals surface area contributed by atoms with Crippen molar-refractivity contribution in [1.29, 1.82) is 0 Å². The van der Waals surface area contributed by atoms with Gasteiger partial charge in [-0.25, -0.2) is 4.39 Å². The van der Waals surface area contributed by atoms with Crippen molar-refractivity contribution in [1.82, 2.24) is 0 Å². The molecule has 0 bridgehead atoms. The number of benzene rings is 1. The highest BCUT2D eigenvalue weighted by Crippen LogP contribution is 2.50. The van der Waals surface area contributed by atoms with Crippen LogP contribution in [0, 0.1) is 11.2 Å². The Morgan fingerprint density at radius 2 is 1.94 bits per heavy atom. The predicted octanol–water partition coefficient (Wildman–Crippen LogP) is 3.23. The zero-order valence-corrected chi connectivity index (χ0v) is 10.1. The molecule has 1 unspecified atom stereocenters. The fourth-order valence-electron chi connectivity index (χ4n) is 3.08. The van der Waals surface area contributed by atoms with E-state index < -0.39 is 0 Å². The molecule has 1 fully saturated rings. The molecule has 0 aromatic heterocycles. The highest BCUT2D eigenvalue weighted by molar-refractivity contribution is 5.29. The fraction of sp³-hybridized carbons (Fsp3) is 0.571. The molecule has 0 spiro atoms. The van der Waals surface area contributed by atoms with E-state index in [2.05, 4.69) is 13.8 Å². The second-order valence-corrected chi connectivity index (χ2v) is 5.81. The number of rotatable bonds is 2. The van der Waals surface area contributed by atoms with E-state index in [1.807, 2.05) is 12.1 Å². The topological polar surface area (TPSA) is 26.0 Å². The maximum atomic E-state index is 13.9. The minimum absolute atomic E-state index is 0.106. The van der Waals surface area contributed by atoms with E-state index in [4.69, 9.17) is 5.73 Å². The normalized spacial score (nSPS) is 28.2. The summed E-state index contributed by atoms with van der Waals surface area (Å²) in [7, 11) is 0. The maximum Gasteiger partial charge on any atom is 0.127 e. The summed E-state index contributed by atoms with van der Waals surface area (Å²) in [5.41, 5.74) is 6.87. The van der Waals surface area contributed by atoms with Gasteiger partial charge in [0, 0.05) is 12.0 Å². The third-order valence-corrected chi connectivity index (χ3v) is 3.93. The molecule has 2 rings (SSSR count). The smallest absolute Gasteiger partial charge is 0.127 e. The number of nitrogens with two attached hydrogens (primary N) is 1. The molecule has 1 saturated carbocycles. The Morgan fingerprint density at radius 1 is 1.25 bits per heavy atom. The molecule has 16 heavy (non-hydrogen) atoms. The van der Waals surface area contributed by atoms with Gasteiger partial charge in [0.2, 0.25) is 0 Å². The predicted molar refractivity (Wildman–Crippen MR) is 64.8 cm³/mol. The first-order valence-electron chi connectivity index (χ1n) is 5.94. The van der Waals surface area contributed by atoms with Gasteiger partial charge in [0.05, 0.1) is 0 Å². The highest BCUT2D eigenvalue weighted by atomic mass is 19.1. The standard InChI is InChI=1S/C14H20FN/c1-13(2)7-8-14(9-13,10-16)11-5-3-4-6-12(11)15/h3-6H,7-10,16H2,1-2H3. The van der Waals surface area contributed by atoms with Crippen LogP contribution in [0.1, 0.15) is 38.7 Å². The van der Waals surface area contributed by atoms with E-state index in [1.54, 1.807) is 6.07 Å². The summed E-state index contributed by atoms with van der Waals surface area (Å²) in [6.45, 7) is 5.02. The number of hydrogen-bond acceptors (Lipinski definition) is 1. The summed E-state index contributed by atoms with van der Waals surface area (Å²) in [5.74, 6) is -0.106. The molecular formula is C14H20FN. The summed E-state index contributed by atoms with van der Waals surface area (Å²) in [6.07, 6.45) is 3.10. The Labute approximate surface area is 96.9 Å². The van der Waals surface area contributed by atoms with Crippen molar-refractivity contribution in [2.24, 2.45) is 11.1 Å². The molecule has 0 aliphatic heterocycles. The first-order valence-corrected chi connectivity index (χ1v) is 5.94. The average molecular weight is 221 g/mol. The van der Waals surface area contributed by atoms with Crippen molar-refractivity contribution in [3.05, 3.63) is 35.6 Å². The van der Waals surface area contributed by atoms with Crippen LogP contribution < -0.4 is 5.73 Å². The largest absolute Gasteiger partial charge is 0.330 e. The Morgan fingerprint density at radius 3 is 2.44 bits per heavy atom. The zero-order chi connectivity index (χ0) is 11.8. The summed E-state index contributed by atoms with van der Waals surface area (Å²) in [4.78, 5) is 0. The van der Waals surface area contributed by atoms with Gasteiger partial charge in [-0.15, -0.1) is 0 Å². The van der Waals surface area contributed by atoms with Crippen LogP contribution in [-0.4, -0.2) is 6.54 Å². The molecule has 1 nitrogen and oxygen atoms in total. The molecule has 0 saturated heterocycles. The molecule has 1 atom stereocenters. The second-order valence-electron chi connectivity index (χ2n) is 5.81. The first-order chi connectivity index (χ1) is 7.49. The van der Waals surface area contributed by atoms with Crippen LogP contribution >= 0.6 is 0 Å². The van der Waals surface area contributed by atoms with Crippen LogP contribution in [0.5, 0.6) is 0 Å². The van der Waals surface area contributed by atoms with Crippen molar-refractivity contribution < 1.29 is 4.39 Å². The van der Waals surface area contributed by atoms with Gasteiger partial charge < -0.3 is 5.73 Å². The minimum atomic E-state index is -0.144. The van der Waals surface area contributed by atoms with Crippen LogP contribution in [-0.2, 0) is 5.41 Å². The van der Waals surface area contributed by atoms with Gasteiger partial charge in [0.15, 0.2) is 0 Å². The number of hydrogen-bond donors (Lipinski definition) is 1. The maximum absolute atomic E-state index is 13.9. The van der Waals surface area contributed by atoms with Crippen LogP contribution in [0.2, 0.25) is 0 Å². The van der Waals surface area contributed by atoms with E-state index in [1.165, 1.54) is 6.07 Å². The molecule has 0 radical (unpaired) electrons. The summed E-state index contributed by atoms with van der Waals surface area (Å²) < 4.78 is 13.9. The lowest BCUT2D eigenvalue weighted by Gasteiger charge is -2.30. The quantitative estimate of drug-likeness (QED) is 0.815. The van der Waals surface area contributed by atoms with Crippen molar-refractivity contribution >= 4 is 0 Å². The average Bonchev–Trinajstić information content (AvgIpc) is 2.56. The van der Waals surface area contributed by atoms with E-state index >= 15 is 0 Å². The van der Waals surface area contributed by atoms with Crippen molar-refractivity contribution in [2.75, 3.05) is 6.54 Å². The SMILES string of the molecule is CC1(C)CCC(CN)(c2ccccc2F)C1. The molecule has 2 N–H and O–H groups in total. The second kappa shape index (κ2) is 3.85. The van der Waals surface area contributed by atoms with Gasteiger partial charge >= 0.3 is 0 Å². The van der Waals surface area contributed by atoms with Crippen molar-refractivity contribution in [2.45, 2.75) is 38.5 Å². The van der Waals surface area contributed by atoms with Crippen LogP contribution in [0.4, 0.5) is 4.39 Å². The van der Waals surface area contributed by atoms with Crippen molar-refractivity contribution in [3.8, 4) is 0 Å². The van der Waals surface area contributed by atoms with Gasteiger partial charge in [-0.2, -0.15) is 0 Å². The van der Waals surface area contributed by atoms with E-state index in [0.717, 1.165) is 24.8 Å². The zero-order valence-electron chi connectivity index (χ0n) is 10.1. The highest BCUT2D eigenvalue weighted by Gasteiger charge is 2.44. The Bertz CT molecular complexity index is 386. The van der Waals surface area contributed by atoms with Gasteiger partial charge in [-0.05, 0) is 36.3 Å². The molecule has 1 aliphatic rings. The van der Waals surface area contributed by atoms with Crippen LogP contribution in [0.15, 0.2) is 24.3 Å². The van der Waals surface area contributed by atoms with Gasteiger partial charge in [0.25, 0.3) is 0 Å². The molecule has 1 aromatic carbocycles. The lowest BCUT2D eigenvalue weighted by Crippen LogP contribution is -2.34. The van der Waals surface area contributed by atoms with E-state index in [-0.39, 0.29) is 16.6 Å². The summed E-state index contributed by atoms with van der Waals surface area (Å²) in [5, 5.41) is 0. The molecule has 0 heterocycles. The van der Waals surface area contributed by atoms with Crippen LogP contribution in [0.25, 0.3) is 0 Å². The lowest BCUT2D eigenvalue weighted by molar-refractivity contribution is 0.332. The first kappa shape index (κ1) is 11.6. The third kappa shape index (κ3) is 1.86. The Kier molecular flexibility index (Phi) is 2.79. The van der Waals surface area contributed by atoms with E-state index in [9.17, 15) is 4.39 Å². The van der Waals surface area contributed by atoms with Crippen LogP contribution in [0.3, 0.4) is 0 Å². The van der Waals surface area contributed by atoms with Gasteiger partial charge in [0.1, 0.15) is 5.82 Å². The van der Waals surface area contributed by atoms with Crippen molar-refractivity contribution in [3.63, 3.8) is 0 Å². The third-order valence-electron chi connectivity index (χ3n) is 3.93. The van der Waals surface area contributed by atoms with Gasteiger partial charge in [-0.3, -0.25) is 0 Å². The minimum Gasteiger partial charge on any atom is -0.330 e. The molecule has 88 valence electrons. The van der Waals surface area contributed by atoms with Gasteiger partial charge in [-0.1, -0.05) is 32.0 Å². The van der Waals surface area contributed by atoms with E-state index in [0.29, 0.717) is 6.54 Å². The lowest BCUT2D eigenvalue weighted by atomic mass is 9.76. The Balaban J connectivity index is 2.41.